The van der Waals surface area contributed by atoms with E-state index in [1.54, 1.807) is 0 Å². The number of hydrogen-bond donors (Lipinski definition) is 2. The molecule has 0 radical (unpaired) electrons. The molecule has 1 aliphatic rings. The predicted molar refractivity (Wildman–Crippen MR) is 90.0 cm³/mol. The van der Waals surface area contributed by atoms with Gasteiger partial charge in [0.05, 0.1) is 6.54 Å². The number of H-pyrrole nitrogens is 1. The van der Waals surface area contributed by atoms with Gasteiger partial charge >= 0.3 is 6.03 Å². The average molecular weight is 299 g/mol. The number of aromatic nitrogens is 1. The van der Waals surface area contributed by atoms with Gasteiger partial charge in [0.1, 0.15) is 0 Å². The maximum atomic E-state index is 12.1. The number of carbonyl (C=O) groups excluding carboxylic acids is 1. The Morgan fingerprint density at radius 1 is 1.23 bits per heavy atom. The minimum atomic E-state index is 0.0567. The van der Waals surface area contributed by atoms with Crippen molar-refractivity contribution in [1.82, 2.24) is 15.2 Å². The number of nitrogens with one attached hydrogen (secondary N) is 2. The molecule has 0 bridgehead atoms. The van der Waals surface area contributed by atoms with Crippen molar-refractivity contribution in [2.24, 2.45) is 0 Å². The highest BCUT2D eigenvalue weighted by Gasteiger charge is 2.16. The smallest absolute Gasteiger partial charge is 0.317 e. The van der Waals surface area contributed by atoms with E-state index in [2.05, 4.69) is 48.4 Å². The molecule has 0 atom stereocenters. The van der Waals surface area contributed by atoms with Crippen molar-refractivity contribution in [3.05, 3.63) is 35.5 Å². The van der Waals surface area contributed by atoms with E-state index in [0.29, 0.717) is 12.5 Å². The Balaban J connectivity index is 1.65. The molecular formula is C18H25N3O. The molecule has 1 fully saturated rings. The van der Waals surface area contributed by atoms with Gasteiger partial charge in [-0.2, -0.15) is 0 Å². The van der Waals surface area contributed by atoms with Gasteiger partial charge in [-0.15, -0.1) is 0 Å². The third-order valence-electron chi connectivity index (χ3n) is 4.44. The summed E-state index contributed by atoms with van der Waals surface area (Å²) in [6, 6.07) is 8.71. The van der Waals surface area contributed by atoms with Gasteiger partial charge in [0.15, 0.2) is 0 Å². The molecule has 2 N–H and O–H groups in total. The number of rotatable bonds is 3. The zero-order valence-electron chi connectivity index (χ0n) is 13.5. The van der Waals surface area contributed by atoms with Crippen LogP contribution in [0.2, 0.25) is 0 Å². The van der Waals surface area contributed by atoms with Crippen LogP contribution in [0.1, 0.15) is 50.3 Å². The number of aromatic amines is 1. The summed E-state index contributed by atoms with van der Waals surface area (Å²) in [5, 5.41) is 4.22. The number of urea groups is 1. The molecule has 1 saturated heterocycles. The van der Waals surface area contributed by atoms with Crippen LogP contribution in [-0.2, 0) is 6.54 Å². The highest BCUT2D eigenvalue weighted by atomic mass is 16.2. The van der Waals surface area contributed by atoms with Gasteiger partial charge in [0.2, 0.25) is 0 Å². The highest BCUT2D eigenvalue weighted by molar-refractivity contribution is 5.81. The SMILES string of the molecule is CC(C)c1ccc2cc(CNC(=O)N3CCCCC3)[nH]c2c1. The summed E-state index contributed by atoms with van der Waals surface area (Å²) >= 11 is 0. The maximum absolute atomic E-state index is 12.1. The van der Waals surface area contributed by atoms with E-state index in [4.69, 9.17) is 0 Å². The molecule has 2 aromatic rings. The van der Waals surface area contributed by atoms with E-state index < -0.39 is 0 Å². The summed E-state index contributed by atoms with van der Waals surface area (Å²) in [6.07, 6.45) is 3.49. The number of piperidine rings is 1. The molecule has 0 aliphatic carbocycles. The molecule has 3 rings (SSSR count). The monoisotopic (exact) mass is 299 g/mol. The Bertz CT molecular complexity index is 653. The summed E-state index contributed by atoms with van der Waals surface area (Å²) in [5.41, 5.74) is 3.54. The average Bonchev–Trinajstić information content (AvgIpc) is 2.95. The number of benzene rings is 1. The van der Waals surface area contributed by atoms with E-state index in [9.17, 15) is 4.79 Å². The van der Waals surface area contributed by atoms with E-state index >= 15 is 0 Å². The summed E-state index contributed by atoms with van der Waals surface area (Å²) in [7, 11) is 0. The molecule has 4 nitrogen and oxygen atoms in total. The lowest BCUT2D eigenvalue weighted by Gasteiger charge is -2.26. The van der Waals surface area contributed by atoms with Gasteiger partial charge in [-0.25, -0.2) is 4.79 Å². The standard InChI is InChI=1S/C18H25N3O/c1-13(2)14-6-7-15-10-16(20-17(15)11-14)12-19-18(22)21-8-4-3-5-9-21/h6-7,10-11,13,20H,3-5,8-9,12H2,1-2H3,(H,19,22). The second-order valence-corrected chi connectivity index (χ2v) is 6.50. The van der Waals surface area contributed by atoms with Crippen LogP contribution >= 0.6 is 0 Å². The summed E-state index contributed by atoms with van der Waals surface area (Å²) in [5.74, 6) is 0.523. The Kier molecular flexibility index (Phi) is 4.36. The van der Waals surface area contributed by atoms with Crippen LogP contribution in [0.25, 0.3) is 10.9 Å². The van der Waals surface area contributed by atoms with Gasteiger partial charge in [0.25, 0.3) is 0 Å². The van der Waals surface area contributed by atoms with Crippen LogP contribution in [0.4, 0.5) is 4.79 Å². The van der Waals surface area contributed by atoms with Crippen molar-refractivity contribution >= 4 is 16.9 Å². The summed E-state index contributed by atoms with van der Waals surface area (Å²) in [4.78, 5) is 17.5. The lowest BCUT2D eigenvalue weighted by molar-refractivity contribution is 0.186. The fraction of sp³-hybridized carbons (Fsp3) is 0.500. The number of likely N-dealkylation sites (tertiary alicyclic amines) is 1. The number of nitrogens with zero attached hydrogens (tertiary/aromatic N) is 1. The van der Waals surface area contributed by atoms with Crippen molar-refractivity contribution in [3.8, 4) is 0 Å². The maximum Gasteiger partial charge on any atom is 0.317 e. The Hall–Kier alpha value is -1.97. The number of carbonyl (C=O) groups is 1. The predicted octanol–water partition coefficient (Wildman–Crippen LogP) is 3.99. The van der Waals surface area contributed by atoms with Crippen LogP contribution < -0.4 is 5.32 Å². The van der Waals surface area contributed by atoms with Crippen molar-refractivity contribution < 1.29 is 4.79 Å². The minimum absolute atomic E-state index is 0.0567. The molecule has 1 aromatic carbocycles. The molecule has 1 aliphatic heterocycles. The summed E-state index contributed by atoms with van der Waals surface area (Å²) in [6.45, 7) is 6.72. The first kappa shape index (κ1) is 14.9. The molecule has 1 aromatic heterocycles. The third-order valence-corrected chi connectivity index (χ3v) is 4.44. The molecule has 0 saturated carbocycles. The van der Waals surface area contributed by atoms with E-state index in [-0.39, 0.29) is 6.03 Å². The first-order valence-electron chi connectivity index (χ1n) is 8.28. The topological polar surface area (TPSA) is 48.1 Å². The first-order chi connectivity index (χ1) is 10.6. The lowest BCUT2D eigenvalue weighted by atomic mass is 10.0. The largest absolute Gasteiger partial charge is 0.357 e. The lowest BCUT2D eigenvalue weighted by Crippen LogP contribution is -2.42. The highest BCUT2D eigenvalue weighted by Crippen LogP contribution is 2.22. The minimum Gasteiger partial charge on any atom is -0.357 e. The van der Waals surface area contributed by atoms with E-state index in [1.165, 1.54) is 17.4 Å². The zero-order chi connectivity index (χ0) is 15.5. The third kappa shape index (κ3) is 3.26. The van der Waals surface area contributed by atoms with Crippen molar-refractivity contribution in [1.29, 1.82) is 0 Å². The first-order valence-corrected chi connectivity index (χ1v) is 8.28. The van der Waals surface area contributed by atoms with Crippen LogP contribution in [0.3, 0.4) is 0 Å². The number of amides is 2. The molecule has 2 amide bonds. The van der Waals surface area contributed by atoms with Gasteiger partial charge in [-0.1, -0.05) is 26.0 Å². The van der Waals surface area contributed by atoms with Gasteiger partial charge in [-0.3, -0.25) is 0 Å². The zero-order valence-corrected chi connectivity index (χ0v) is 13.5. The van der Waals surface area contributed by atoms with Crippen molar-refractivity contribution in [2.75, 3.05) is 13.1 Å². The van der Waals surface area contributed by atoms with Crippen LogP contribution in [0.5, 0.6) is 0 Å². The summed E-state index contributed by atoms with van der Waals surface area (Å²) < 4.78 is 0. The quantitative estimate of drug-likeness (QED) is 0.884. The fourth-order valence-electron chi connectivity index (χ4n) is 3.04. The number of hydrogen-bond acceptors (Lipinski definition) is 1. The second kappa shape index (κ2) is 6.42. The number of fused-ring (bicyclic) bond motifs is 1. The fourth-order valence-corrected chi connectivity index (χ4v) is 3.04. The van der Waals surface area contributed by atoms with Gasteiger partial charge < -0.3 is 15.2 Å². The van der Waals surface area contributed by atoms with E-state index in [0.717, 1.165) is 37.1 Å². The Morgan fingerprint density at radius 3 is 2.73 bits per heavy atom. The second-order valence-electron chi connectivity index (χ2n) is 6.50. The van der Waals surface area contributed by atoms with Crippen LogP contribution in [0.15, 0.2) is 24.3 Å². The van der Waals surface area contributed by atoms with Crippen LogP contribution in [-0.4, -0.2) is 29.0 Å². The van der Waals surface area contributed by atoms with Crippen LogP contribution in [0, 0.1) is 0 Å². The molecule has 4 heteroatoms. The van der Waals surface area contributed by atoms with Gasteiger partial charge in [-0.05, 0) is 48.3 Å². The molecule has 2 heterocycles. The Labute approximate surface area is 131 Å². The normalized spacial score (nSPS) is 15.5. The van der Waals surface area contributed by atoms with Crippen molar-refractivity contribution in [3.63, 3.8) is 0 Å². The van der Waals surface area contributed by atoms with Crippen molar-refractivity contribution in [2.45, 2.75) is 45.6 Å². The Morgan fingerprint density at radius 2 is 2.00 bits per heavy atom. The van der Waals surface area contributed by atoms with E-state index in [1.807, 2.05) is 4.90 Å². The molecule has 22 heavy (non-hydrogen) atoms. The molecule has 0 unspecified atom stereocenters. The molecular weight excluding hydrogens is 274 g/mol. The van der Waals surface area contributed by atoms with Gasteiger partial charge in [0, 0.05) is 24.3 Å². The molecule has 118 valence electrons. The molecule has 0 spiro atoms.